The minimum absolute atomic E-state index is 0.247. The van der Waals surface area contributed by atoms with Gasteiger partial charge in [0.05, 0.1) is 6.20 Å². The second-order valence-electron chi connectivity index (χ2n) is 7.49. The Morgan fingerprint density at radius 1 is 1.21 bits per heavy atom. The first-order valence-electron chi connectivity index (χ1n) is 10.2. The number of carbonyl (C=O) groups is 1. The van der Waals surface area contributed by atoms with Crippen molar-refractivity contribution in [2.45, 2.75) is 38.5 Å². The molecular formula is C22H25N5O2. The van der Waals surface area contributed by atoms with E-state index in [0.717, 1.165) is 38.8 Å². The van der Waals surface area contributed by atoms with E-state index in [4.69, 9.17) is 4.52 Å². The smallest absolute Gasteiger partial charge is 0.227 e. The lowest BCUT2D eigenvalue weighted by atomic mass is 9.94. The number of benzene rings is 1. The van der Waals surface area contributed by atoms with Gasteiger partial charge in [0.25, 0.3) is 0 Å². The third-order valence-electron chi connectivity index (χ3n) is 5.29. The van der Waals surface area contributed by atoms with Gasteiger partial charge in [0.15, 0.2) is 0 Å². The second kappa shape index (κ2) is 9.41. The normalized spacial score (nSPS) is 16.7. The number of likely N-dealkylation sites (tertiary alicyclic amines) is 1. The maximum absolute atomic E-state index is 12.6. The topological polar surface area (TPSA) is 85.0 Å². The summed E-state index contributed by atoms with van der Waals surface area (Å²) in [6, 6.07) is 10.3. The number of rotatable bonds is 7. The molecule has 0 radical (unpaired) electrons. The first-order chi connectivity index (χ1) is 14.3. The SMILES string of the molecule is O=C(CCCc1ccccc1)N1CCCC(Cc2nc(-c3cnccn3)no2)C1. The van der Waals surface area contributed by atoms with Crippen molar-refractivity contribution < 1.29 is 9.32 Å². The minimum Gasteiger partial charge on any atom is -0.342 e. The molecule has 29 heavy (non-hydrogen) atoms. The third-order valence-corrected chi connectivity index (χ3v) is 5.29. The molecule has 1 amide bonds. The average Bonchev–Trinajstić information content (AvgIpc) is 3.24. The van der Waals surface area contributed by atoms with Gasteiger partial charge in [-0.2, -0.15) is 4.98 Å². The van der Waals surface area contributed by atoms with Crippen molar-refractivity contribution in [1.82, 2.24) is 25.0 Å². The average molecular weight is 391 g/mol. The van der Waals surface area contributed by atoms with Crippen LogP contribution in [-0.2, 0) is 17.6 Å². The predicted molar refractivity (Wildman–Crippen MR) is 108 cm³/mol. The molecule has 0 spiro atoms. The van der Waals surface area contributed by atoms with E-state index < -0.39 is 0 Å². The lowest BCUT2D eigenvalue weighted by Crippen LogP contribution is -2.40. The molecule has 7 nitrogen and oxygen atoms in total. The number of aryl methyl sites for hydroxylation is 1. The minimum atomic E-state index is 0.247. The number of hydrogen-bond acceptors (Lipinski definition) is 6. The highest BCUT2D eigenvalue weighted by molar-refractivity contribution is 5.76. The molecule has 1 aliphatic heterocycles. The summed E-state index contributed by atoms with van der Waals surface area (Å²) in [4.78, 5) is 27.3. The quantitative estimate of drug-likeness (QED) is 0.614. The fourth-order valence-corrected chi connectivity index (χ4v) is 3.81. The lowest BCUT2D eigenvalue weighted by Gasteiger charge is -2.32. The summed E-state index contributed by atoms with van der Waals surface area (Å²) < 4.78 is 5.40. The van der Waals surface area contributed by atoms with Gasteiger partial charge in [-0.15, -0.1) is 0 Å². The lowest BCUT2D eigenvalue weighted by molar-refractivity contribution is -0.133. The Labute approximate surface area is 170 Å². The molecule has 3 heterocycles. The molecule has 150 valence electrons. The van der Waals surface area contributed by atoms with E-state index in [-0.39, 0.29) is 5.91 Å². The summed E-state index contributed by atoms with van der Waals surface area (Å²) in [7, 11) is 0. The van der Waals surface area contributed by atoms with Gasteiger partial charge in [-0.1, -0.05) is 35.5 Å². The molecule has 1 aromatic carbocycles. The highest BCUT2D eigenvalue weighted by Gasteiger charge is 2.25. The van der Waals surface area contributed by atoms with Crippen molar-refractivity contribution >= 4 is 5.91 Å². The van der Waals surface area contributed by atoms with Crippen LogP contribution >= 0.6 is 0 Å². The molecule has 7 heteroatoms. The van der Waals surface area contributed by atoms with Gasteiger partial charge in [-0.25, -0.2) is 4.98 Å². The van der Waals surface area contributed by atoms with Crippen molar-refractivity contribution in [3.05, 3.63) is 60.4 Å². The van der Waals surface area contributed by atoms with E-state index in [1.165, 1.54) is 5.56 Å². The first-order valence-corrected chi connectivity index (χ1v) is 10.2. The molecule has 1 aliphatic rings. The van der Waals surface area contributed by atoms with Crippen LogP contribution in [0.15, 0.2) is 53.4 Å². The number of piperidine rings is 1. The van der Waals surface area contributed by atoms with Crippen molar-refractivity contribution in [1.29, 1.82) is 0 Å². The van der Waals surface area contributed by atoms with Crippen LogP contribution < -0.4 is 0 Å². The number of aromatic nitrogens is 4. The summed E-state index contributed by atoms with van der Waals surface area (Å²) in [6.45, 7) is 1.60. The van der Waals surface area contributed by atoms with Crippen molar-refractivity contribution in [2.75, 3.05) is 13.1 Å². The van der Waals surface area contributed by atoms with Crippen molar-refractivity contribution in [2.24, 2.45) is 5.92 Å². The predicted octanol–water partition coefficient (Wildman–Crippen LogP) is 3.33. The summed E-state index contributed by atoms with van der Waals surface area (Å²) in [6.07, 6.45) is 10.0. The van der Waals surface area contributed by atoms with E-state index in [1.54, 1.807) is 18.6 Å². The zero-order valence-corrected chi connectivity index (χ0v) is 16.4. The summed E-state index contributed by atoms with van der Waals surface area (Å²) >= 11 is 0. The molecule has 3 aromatic rings. The van der Waals surface area contributed by atoms with E-state index in [0.29, 0.717) is 36.2 Å². The summed E-state index contributed by atoms with van der Waals surface area (Å²) in [5, 5.41) is 4.01. The Kier molecular flexibility index (Phi) is 6.24. The van der Waals surface area contributed by atoms with E-state index in [9.17, 15) is 4.79 Å². The standard InChI is InChI=1S/C22H25N5O2/c28-21(10-4-8-17-6-2-1-3-7-17)27-13-5-9-18(16-27)14-20-25-22(26-29-20)19-15-23-11-12-24-19/h1-3,6-7,11-12,15,18H,4-5,8-10,13-14,16H2. The molecule has 1 atom stereocenters. The van der Waals surface area contributed by atoms with Gasteiger partial charge in [-0.3, -0.25) is 9.78 Å². The first kappa shape index (κ1) is 19.2. The van der Waals surface area contributed by atoms with Gasteiger partial charge in [-0.05, 0) is 37.2 Å². The van der Waals surface area contributed by atoms with Crippen LogP contribution in [0.2, 0.25) is 0 Å². The Morgan fingerprint density at radius 3 is 2.93 bits per heavy atom. The number of amides is 1. The van der Waals surface area contributed by atoms with Gasteiger partial charge < -0.3 is 9.42 Å². The largest absolute Gasteiger partial charge is 0.342 e. The molecule has 2 aromatic heterocycles. The number of nitrogens with zero attached hydrogens (tertiary/aromatic N) is 5. The van der Waals surface area contributed by atoms with E-state index in [2.05, 4.69) is 32.2 Å². The highest BCUT2D eigenvalue weighted by Crippen LogP contribution is 2.22. The Balaban J connectivity index is 1.27. The molecule has 0 bridgehead atoms. The molecule has 1 unspecified atom stereocenters. The molecule has 1 fully saturated rings. The summed E-state index contributed by atoms with van der Waals surface area (Å²) in [5.41, 5.74) is 1.88. The fourth-order valence-electron chi connectivity index (χ4n) is 3.81. The van der Waals surface area contributed by atoms with Crippen molar-refractivity contribution in [3.63, 3.8) is 0 Å². The maximum atomic E-state index is 12.6. The molecule has 0 aliphatic carbocycles. The van der Waals surface area contributed by atoms with Crippen LogP contribution in [-0.4, -0.2) is 44.0 Å². The van der Waals surface area contributed by atoms with Gasteiger partial charge >= 0.3 is 0 Å². The highest BCUT2D eigenvalue weighted by atomic mass is 16.5. The van der Waals surface area contributed by atoms with E-state index in [1.807, 2.05) is 23.1 Å². The molecule has 1 saturated heterocycles. The van der Waals surface area contributed by atoms with Gasteiger partial charge in [0.1, 0.15) is 5.69 Å². The van der Waals surface area contributed by atoms with Gasteiger partial charge in [0, 0.05) is 38.3 Å². The molecule has 0 N–H and O–H groups in total. The Bertz CT molecular complexity index is 913. The maximum Gasteiger partial charge on any atom is 0.227 e. The number of carbonyl (C=O) groups excluding carboxylic acids is 1. The Hall–Kier alpha value is -3.09. The van der Waals surface area contributed by atoms with Gasteiger partial charge in [0.2, 0.25) is 17.6 Å². The zero-order chi connectivity index (χ0) is 19.9. The van der Waals surface area contributed by atoms with Crippen molar-refractivity contribution in [3.8, 4) is 11.5 Å². The number of hydrogen-bond donors (Lipinski definition) is 0. The monoisotopic (exact) mass is 391 g/mol. The summed E-state index contributed by atoms with van der Waals surface area (Å²) in [5.74, 6) is 1.64. The van der Waals surface area contributed by atoms with Crippen LogP contribution in [0.25, 0.3) is 11.5 Å². The fraction of sp³-hybridized carbons (Fsp3) is 0.409. The van der Waals surface area contributed by atoms with Crippen LogP contribution in [0, 0.1) is 5.92 Å². The van der Waals surface area contributed by atoms with E-state index >= 15 is 0 Å². The molecule has 4 rings (SSSR count). The van der Waals surface area contributed by atoms with Crippen LogP contribution in [0.3, 0.4) is 0 Å². The zero-order valence-electron chi connectivity index (χ0n) is 16.4. The molecule has 0 saturated carbocycles. The van der Waals surface area contributed by atoms with Crippen LogP contribution in [0.1, 0.15) is 37.1 Å². The van der Waals surface area contributed by atoms with Crippen LogP contribution in [0.5, 0.6) is 0 Å². The third kappa shape index (κ3) is 5.25. The second-order valence-corrected chi connectivity index (χ2v) is 7.49. The Morgan fingerprint density at radius 2 is 2.10 bits per heavy atom. The molecular weight excluding hydrogens is 366 g/mol. The van der Waals surface area contributed by atoms with Crippen LogP contribution in [0.4, 0.5) is 0 Å².